The molecule has 0 aromatic rings. The summed E-state index contributed by atoms with van der Waals surface area (Å²) in [5.41, 5.74) is 0. The fraction of sp³-hybridized carbons (Fsp3) is 0.600. The molecule has 0 aliphatic heterocycles. The van der Waals surface area contributed by atoms with Crippen LogP contribution in [0.5, 0.6) is 0 Å². The third-order valence-electron chi connectivity index (χ3n) is 0.700. The molecule has 0 spiro atoms. The minimum atomic E-state index is -4.44. The average Bonchev–Trinajstić information content (AvgIpc) is 1.80. The maximum absolute atomic E-state index is 11.5. The number of rotatable bonds is 2. The lowest BCUT2D eigenvalue weighted by Crippen LogP contribution is -2.07. The predicted molar refractivity (Wildman–Crippen MR) is 31.9 cm³/mol. The highest BCUT2D eigenvalue weighted by atomic mass is 35.5. The van der Waals surface area contributed by atoms with Crippen molar-refractivity contribution >= 4 is 11.6 Å². The Morgan fingerprint density at radius 1 is 1.60 bits per heavy atom. The smallest absolute Gasteiger partial charge is 0.381 e. The molecule has 0 atom stereocenters. The zero-order valence-corrected chi connectivity index (χ0v) is 5.96. The van der Waals surface area contributed by atoms with Crippen molar-refractivity contribution in [3.63, 3.8) is 0 Å². The zero-order chi connectivity index (χ0) is 8.20. The summed E-state index contributed by atoms with van der Waals surface area (Å²) in [7, 11) is 1.29. The monoisotopic (exact) mass is 174 g/mol. The van der Waals surface area contributed by atoms with E-state index in [-0.39, 0.29) is 6.61 Å². The Balaban J connectivity index is 3.93. The molecular weight excluding hydrogens is 169 g/mol. The van der Waals surface area contributed by atoms with E-state index in [1.165, 1.54) is 7.11 Å². The number of methoxy groups -OCH3 is 1. The van der Waals surface area contributed by atoms with Gasteiger partial charge in [-0.05, 0) is 6.08 Å². The van der Waals surface area contributed by atoms with Gasteiger partial charge in [-0.3, -0.25) is 0 Å². The van der Waals surface area contributed by atoms with Crippen LogP contribution in [0.1, 0.15) is 0 Å². The maximum Gasteiger partial charge on any atom is 0.426 e. The van der Waals surface area contributed by atoms with Gasteiger partial charge in [0.05, 0.1) is 6.61 Å². The summed E-state index contributed by atoms with van der Waals surface area (Å²) in [6.45, 7) is -0.127. The van der Waals surface area contributed by atoms with Gasteiger partial charge in [0, 0.05) is 7.11 Å². The third-order valence-corrected chi connectivity index (χ3v) is 1.07. The lowest BCUT2D eigenvalue weighted by atomic mass is 10.5. The van der Waals surface area contributed by atoms with Crippen LogP contribution in [0, 0.1) is 0 Å². The minimum absolute atomic E-state index is 0.127. The van der Waals surface area contributed by atoms with Gasteiger partial charge in [-0.25, -0.2) is 0 Å². The Hall–Kier alpha value is -0.220. The van der Waals surface area contributed by atoms with Crippen molar-refractivity contribution in [2.24, 2.45) is 0 Å². The summed E-state index contributed by atoms with van der Waals surface area (Å²) >= 11 is 4.79. The first-order valence-corrected chi connectivity index (χ1v) is 2.78. The van der Waals surface area contributed by atoms with E-state index >= 15 is 0 Å². The molecule has 0 saturated heterocycles. The van der Waals surface area contributed by atoms with Crippen molar-refractivity contribution in [1.82, 2.24) is 0 Å². The Labute approximate surface area is 61.4 Å². The molecule has 0 rings (SSSR count). The first-order valence-electron chi connectivity index (χ1n) is 2.40. The average molecular weight is 175 g/mol. The second-order valence-electron chi connectivity index (χ2n) is 1.51. The molecule has 0 saturated carbocycles. The molecule has 0 unspecified atom stereocenters. The number of hydrogen-bond donors (Lipinski definition) is 0. The summed E-state index contributed by atoms with van der Waals surface area (Å²) < 4.78 is 38.9. The van der Waals surface area contributed by atoms with E-state index in [4.69, 9.17) is 11.6 Å². The van der Waals surface area contributed by atoms with Gasteiger partial charge in [-0.15, -0.1) is 0 Å². The highest BCUT2D eigenvalue weighted by Gasteiger charge is 2.31. The normalized spacial score (nSPS) is 13.9. The molecule has 1 nitrogen and oxygen atoms in total. The molecule has 0 bridgehead atoms. The molecule has 0 aliphatic rings. The van der Waals surface area contributed by atoms with Gasteiger partial charge in [0.2, 0.25) is 0 Å². The molecule has 10 heavy (non-hydrogen) atoms. The molecule has 0 aliphatic carbocycles. The van der Waals surface area contributed by atoms with Crippen LogP contribution >= 0.6 is 11.6 Å². The topological polar surface area (TPSA) is 9.23 Å². The quantitative estimate of drug-likeness (QED) is 0.624. The predicted octanol–water partition coefficient (Wildman–Crippen LogP) is 2.32. The van der Waals surface area contributed by atoms with Crippen LogP contribution in [0.25, 0.3) is 0 Å². The van der Waals surface area contributed by atoms with Gasteiger partial charge in [-0.2, -0.15) is 13.2 Å². The summed E-state index contributed by atoms with van der Waals surface area (Å²) in [5.74, 6) is 0. The first kappa shape index (κ1) is 9.78. The second-order valence-corrected chi connectivity index (χ2v) is 1.91. The van der Waals surface area contributed by atoms with Crippen LogP contribution in [0.4, 0.5) is 13.2 Å². The molecule has 0 N–H and O–H groups in total. The van der Waals surface area contributed by atoms with Crippen molar-refractivity contribution in [2.45, 2.75) is 6.18 Å². The molecule has 0 aromatic heterocycles. The molecular formula is C5H6ClF3O. The summed E-state index contributed by atoms with van der Waals surface area (Å²) in [5, 5.41) is -1.14. The minimum Gasteiger partial charge on any atom is -0.381 e. The van der Waals surface area contributed by atoms with Gasteiger partial charge < -0.3 is 4.74 Å². The van der Waals surface area contributed by atoms with E-state index < -0.39 is 11.2 Å². The maximum atomic E-state index is 11.5. The second kappa shape index (κ2) is 3.83. The van der Waals surface area contributed by atoms with Crippen molar-refractivity contribution < 1.29 is 17.9 Å². The number of ether oxygens (including phenoxy) is 1. The highest BCUT2D eigenvalue weighted by Crippen LogP contribution is 2.27. The molecule has 5 heteroatoms. The van der Waals surface area contributed by atoms with Crippen LogP contribution in [0.3, 0.4) is 0 Å². The summed E-state index contributed by atoms with van der Waals surface area (Å²) in [6, 6.07) is 0. The number of halogens is 4. The third kappa shape index (κ3) is 3.74. The number of allylic oxidation sites excluding steroid dienone is 1. The van der Waals surface area contributed by atoms with Gasteiger partial charge in [-0.1, -0.05) is 11.6 Å². The fourth-order valence-corrected chi connectivity index (χ4v) is 0.335. The standard InChI is InChI=1S/C5H6ClF3O/c1-10-3-2-4(6)5(7,8)9/h2H,3H2,1H3/b4-2-. The van der Waals surface area contributed by atoms with Crippen LogP contribution < -0.4 is 0 Å². The molecule has 0 aromatic carbocycles. The summed E-state index contributed by atoms with van der Waals surface area (Å²) in [4.78, 5) is 0. The molecule has 60 valence electrons. The van der Waals surface area contributed by atoms with Crippen molar-refractivity contribution in [3.8, 4) is 0 Å². The molecule has 0 radical (unpaired) electrons. The van der Waals surface area contributed by atoms with Gasteiger partial charge >= 0.3 is 6.18 Å². The van der Waals surface area contributed by atoms with E-state index in [9.17, 15) is 13.2 Å². The van der Waals surface area contributed by atoms with E-state index in [0.717, 1.165) is 6.08 Å². The van der Waals surface area contributed by atoms with Crippen LogP contribution in [0.2, 0.25) is 0 Å². The molecule has 0 fully saturated rings. The Morgan fingerprint density at radius 2 is 2.10 bits per heavy atom. The Morgan fingerprint density at radius 3 is 2.40 bits per heavy atom. The lowest BCUT2D eigenvalue weighted by Gasteiger charge is -2.02. The molecule has 0 heterocycles. The van der Waals surface area contributed by atoms with E-state index in [1.54, 1.807) is 0 Å². The largest absolute Gasteiger partial charge is 0.426 e. The van der Waals surface area contributed by atoms with Crippen molar-refractivity contribution in [2.75, 3.05) is 13.7 Å². The van der Waals surface area contributed by atoms with E-state index in [2.05, 4.69) is 4.74 Å². The van der Waals surface area contributed by atoms with Crippen molar-refractivity contribution in [1.29, 1.82) is 0 Å². The van der Waals surface area contributed by atoms with Gasteiger partial charge in [0.1, 0.15) is 5.03 Å². The number of alkyl halides is 3. The van der Waals surface area contributed by atoms with Crippen molar-refractivity contribution in [3.05, 3.63) is 11.1 Å². The van der Waals surface area contributed by atoms with Crippen LogP contribution in [0.15, 0.2) is 11.1 Å². The highest BCUT2D eigenvalue weighted by molar-refractivity contribution is 6.30. The first-order chi connectivity index (χ1) is 4.48. The van der Waals surface area contributed by atoms with Gasteiger partial charge in [0.25, 0.3) is 0 Å². The number of hydrogen-bond acceptors (Lipinski definition) is 1. The van der Waals surface area contributed by atoms with E-state index in [1.807, 2.05) is 0 Å². The SMILES string of the molecule is COC/C=C(\Cl)C(F)(F)F. The van der Waals surface area contributed by atoms with Crippen LogP contribution in [-0.4, -0.2) is 19.9 Å². The molecule has 0 amide bonds. The Kier molecular flexibility index (Phi) is 3.75. The van der Waals surface area contributed by atoms with Gasteiger partial charge in [0.15, 0.2) is 0 Å². The van der Waals surface area contributed by atoms with Crippen LogP contribution in [-0.2, 0) is 4.74 Å². The van der Waals surface area contributed by atoms with E-state index in [0.29, 0.717) is 0 Å². The fourth-order valence-electron chi connectivity index (χ4n) is 0.272. The zero-order valence-electron chi connectivity index (χ0n) is 5.20. The summed E-state index contributed by atoms with van der Waals surface area (Å²) in [6.07, 6.45) is -3.68. The lowest BCUT2D eigenvalue weighted by molar-refractivity contribution is -0.0849. The Bertz CT molecular complexity index is 129.